The third kappa shape index (κ3) is 3.08. The molecule has 0 amide bonds. The summed E-state index contributed by atoms with van der Waals surface area (Å²) in [6.45, 7) is 2.85. The molecule has 1 heteroatoms. The minimum atomic E-state index is 0.702. The van der Waals surface area contributed by atoms with E-state index in [1.165, 1.54) is 22.3 Å². The first-order valence-electron chi connectivity index (χ1n) is 6.34. The summed E-state index contributed by atoms with van der Waals surface area (Å²) in [5.74, 6) is 0. The molecule has 0 radical (unpaired) electrons. The Kier molecular flexibility index (Phi) is 4.32. The van der Waals surface area contributed by atoms with Crippen molar-refractivity contribution in [3.8, 4) is 11.1 Å². The average Bonchev–Trinajstić information content (AvgIpc) is 2.40. The number of aryl methyl sites for hydroxylation is 1. The van der Waals surface area contributed by atoms with Crippen LogP contribution < -0.4 is 5.73 Å². The van der Waals surface area contributed by atoms with Crippen LogP contribution in [0.15, 0.2) is 54.6 Å². The first-order valence-corrected chi connectivity index (χ1v) is 6.34. The Morgan fingerprint density at radius 3 is 2.67 bits per heavy atom. The summed E-state index contributed by atoms with van der Waals surface area (Å²) in [5, 5.41) is 0. The third-order valence-electron chi connectivity index (χ3n) is 2.99. The van der Waals surface area contributed by atoms with Crippen LogP contribution in [0.4, 0.5) is 0 Å². The number of hydrogen-bond acceptors (Lipinski definition) is 1. The molecule has 92 valence electrons. The Hall–Kier alpha value is -1.86. The highest BCUT2D eigenvalue weighted by Crippen LogP contribution is 2.24. The lowest BCUT2D eigenvalue weighted by molar-refractivity contribution is 1.01. The Bertz CT molecular complexity index is 541. The molecule has 2 N–H and O–H groups in total. The average molecular weight is 237 g/mol. The molecule has 0 aliphatic rings. The summed E-state index contributed by atoms with van der Waals surface area (Å²) in [4.78, 5) is 0. The van der Waals surface area contributed by atoms with Gasteiger partial charge in [-0.1, -0.05) is 54.6 Å². The molecule has 0 saturated carbocycles. The van der Waals surface area contributed by atoms with Gasteiger partial charge in [0.25, 0.3) is 0 Å². The van der Waals surface area contributed by atoms with Crippen molar-refractivity contribution in [1.29, 1.82) is 0 Å². The second-order valence-electron chi connectivity index (χ2n) is 4.42. The summed E-state index contributed by atoms with van der Waals surface area (Å²) in [6, 6.07) is 17.1. The predicted octanol–water partition coefficient (Wildman–Crippen LogP) is 4.02. The standard InChI is InChI=1S/C17H19N/c1-14-7-2-3-11-17(14)16-10-6-9-15(13-16)8-4-5-12-18/h2-4,6-11,13H,5,12,18H2,1H3/b8-4+. The van der Waals surface area contributed by atoms with E-state index >= 15 is 0 Å². The van der Waals surface area contributed by atoms with Crippen molar-refractivity contribution in [3.05, 3.63) is 65.7 Å². The lowest BCUT2D eigenvalue weighted by Crippen LogP contribution is -1.94. The fourth-order valence-electron chi connectivity index (χ4n) is 2.02. The van der Waals surface area contributed by atoms with E-state index in [-0.39, 0.29) is 0 Å². The molecule has 2 aromatic rings. The van der Waals surface area contributed by atoms with Gasteiger partial charge in [-0.2, -0.15) is 0 Å². The number of nitrogens with two attached hydrogens (primary N) is 1. The van der Waals surface area contributed by atoms with E-state index in [2.05, 4.69) is 67.6 Å². The molecule has 0 fully saturated rings. The van der Waals surface area contributed by atoms with Gasteiger partial charge in [0.2, 0.25) is 0 Å². The van der Waals surface area contributed by atoms with Crippen LogP contribution in [0.1, 0.15) is 17.5 Å². The summed E-state index contributed by atoms with van der Waals surface area (Å²) >= 11 is 0. The van der Waals surface area contributed by atoms with Gasteiger partial charge in [-0.3, -0.25) is 0 Å². The SMILES string of the molecule is Cc1ccccc1-c1cccc(/C=C/CCN)c1. The van der Waals surface area contributed by atoms with Crippen molar-refractivity contribution in [2.24, 2.45) is 5.73 Å². The highest BCUT2D eigenvalue weighted by molar-refractivity contribution is 5.70. The Labute approximate surface area is 109 Å². The van der Waals surface area contributed by atoms with E-state index in [4.69, 9.17) is 5.73 Å². The summed E-state index contributed by atoms with van der Waals surface area (Å²) in [7, 11) is 0. The molecule has 0 saturated heterocycles. The zero-order valence-electron chi connectivity index (χ0n) is 10.8. The van der Waals surface area contributed by atoms with Crippen molar-refractivity contribution in [2.45, 2.75) is 13.3 Å². The Morgan fingerprint density at radius 1 is 1.06 bits per heavy atom. The molecule has 2 aromatic carbocycles. The molecule has 18 heavy (non-hydrogen) atoms. The van der Waals surface area contributed by atoms with Crippen LogP contribution in [-0.2, 0) is 0 Å². The summed E-state index contributed by atoms with van der Waals surface area (Å²) in [6.07, 6.45) is 5.18. The van der Waals surface area contributed by atoms with Gasteiger partial charge in [0.1, 0.15) is 0 Å². The highest BCUT2D eigenvalue weighted by atomic mass is 14.5. The second-order valence-corrected chi connectivity index (χ2v) is 4.42. The van der Waals surface area contributed by atoms with Crippen molar-refractivity contribution < 1.29 is 0 Å². The second kappa shape index (κ2) is 6.18. The molecule has 0 unspecified atom stereocenters. The van der Waals surface area contributed by atoms with Crippen molar-refractivity contribution >= 4 is 6.08 Å². The molecule has 0 aromatic heterocycles. The van der Waals surface area contributed by atoms with Crippen molar-refractivity contribution in [1.82, 2.24) is 0 Å². The summed E-state index contributed by atoms with van der Waals surface area (Å²) < 4.78 is 0. The smallest absolute Gasteiger partial charge is 0.00425 e. The van der Waals surface area contributed by atoms with Gasteiger partial charge in [0.15, 0.2) is 0 Å². The van der Waals surface area contributed by atoms with Gasteiger partial charge in [-0.15, -0.1) is 0 Å². The number of rotatable bonds is 4. The zero-order chi connectivity index (χ0) is 12.8. The number of hydrogen-bond donors (Lipinski definition) is 1. The van der Waals surface area contributed by atoms with E-state index in [1.54, 1.807) is 0 Å². The first-order chi connectivity index (χ1) is 8.81. The van der Waals surface area contributed by atoms with Crippen LogP contribution >= 0.6 is 0 Å². The summed E-state index contributed by atoms with van der Waals surface area (Å²) in [5.41, 5.74) is 10.6. The molecule has 0 atom stereocenters. The van der Waals surface area contributed by atoms with Crippen molar-refractivity contribution in [3.63, 3.8) is 0 Å². The maximum Gasteiger partial charge on any atom is -0.00425 e. The van der Waals surface area contributed by atoms with Crippen LogP contribution in [0.3, 0.4) is 0 Å². The minimum absolute atomic E-state index is 0.702. The monoisotopic (exact) mass is 237 g/mol. The number of benzene rings is 2. The predicted molar refractivity (Wildman–Crippen MR) is 79.3 cm³/mol. The molecule has 0 aliphatic heterocycles. The first kappa shape index (κ1) is 12.6. The lowest BCUT2D eigenvalue weighted by Gasteiger charge is -2.06. The maximum absolute atomic E-state index is 5.48. The highest BCUT2D eigenvalue weighted by Gasteiger charge is 2.00. The van der Waals surface area contributed by atoms with Crippen LogP contribution in [0, 0.1) is 6.92 Å². The van der Waals surface area contributed by atoms with Gasteiger partial charge in [0.05, 0.1) is 0 Å². The van der Waals surface area contributed by atoms with E-state index in [0.29, 0.717) is 6.54 Å². The van der Waals surface area contributed by atoms with E-state index in [9.17, 15) is 0 Å². The molecule has 1 nitrogen and oxygen atoms in total. The van der Waals surface area contributed by atoms with E-state index < -0.39 is 0 Å². The third-order valence-corrected chi connectivity index (χ3v) is 2.99. The Morgan fingerprint density at radius 2 is 1.89 bits per heavy atom. The molecule has 0 spiro atoms. The van der Waals surface area contributed by atoms with Gasteiger partial charge in [-0.05, 0) is 48.2 Å². The van der Waals surface area contributed by atoms with Crippen molar-refractivity contribution in [2.75, 3.05) is 6.54 Å². The normalized spacial score (nSPS) is 11.0. The maximum atomic E-state index is 5.48. The zero-order valence-corrected chi connectivity index (χ0v) is 10.8. The largest absolute Gasteiger partial charge is 0.330 e. The van der Waals surface area contributed by atoms with Gasteiger partial charge in [-0.25, -0.2) is 0 Å². The Balaban J connectivity index is 2.30. The van der Waals surface area contributed by atoms with Gasteiger partial charge < -0.3 is 5.73 Å². The fraction of sp³-hybridized carbons (Fsp3) is 0.176. The minimum Gasteiger partial charge on any atom is -0.330 e. The lowest BCUT2D eigenvalue weighted by atomic mass is 9.99. The van der Waals surface area contributed by atoms with E-state index in [0.717, 1.165) is 6.42 Å². The van der Waals surface area contributed by atoms with E-state index in [1.807, 2.05) is 0 Å². The topological polar surface area (TPSA) is 26.0 Å². The molecular formula is C17H19N. The van der Waals surface area contributed by atoms with Crippen LogP contribution in [0.25, 0.3) is 17.2 Å². The molecule has 0 aliphatic carbocycles. The molecular weight excluding hydrogens is 218 g/mol. The van der Waals surface area contributed by atoms with Gasteiger partial charge >= 0.3 is 0 Å². The fourth-order valence-corrected chi connectivity index (χ4v) is 2.02. The van der Waals surface area contributed by atoms with Crippen LogP contribution in [0.2, 0.25) is 0 Å². The van der Waals surface area contributed by atoms with Gasteiger partial charge in [0, 0.05) is 0 Å². The van der Waals surface area contributed by atoms with Crippen LogP contribution in [-0.4, -0.2) is 6.54 Å². The molecule has 0 bridgehead atoms. The molecule has 0 heterocycles. The quantitative estimate of drug-likeness (QED) is 0.853. The molecule has 2 rings (SSSR count). The van der Waals surface area contributed by atoms with Crippen LogP contribution in [0.5, 0.6) is 0 Å².